The number of furan rings is 1. The number of hydrogen-bond donors (Lipinski definition) is 1. The third kappa shape index (κ3) is 4.66. The minimum absolute atomic E-state index is 0.0254. The van der Waals surface area contributed by atoms with Crippen LogP contribution in [0.2, 0.25) is 0 Å². The van der Waals surface area contributed by atoms with Gasteiger partial charge in [0.2, 0.25) is 5.91 Å². The van der Waals surface area contributed by atoms with Crippen LogP contribution in [0.3, 0.4) is 0 Å². The normalized spacial score (nSPS) is 14.1. The Morgan fingerprint density at radius 1 is 0.926 bits per heavy atom. The Balaban J connectivity index is 1.58. The maximum Gasteiger partial charge on any atom is 0.323 e. The first kappa shape index (κ1) is 18.5. The van der Waals surface area contributed by atoms with E-state index in [9.17, 15) is 14.4 Å². The van der Waals surface area contributed by atoms with Crippen LogP contribution < -0.4 is 4.90 Å². The van der Waals surface area contributed by atoms with E-state index in [-0.39, 0.29) is 30.7 Å². The van der Waals surface area contributed by atoms with Gasteiger partial charge in [0.1, 0.15) is 6.54 Å². The van der Waals surface area contributed by atoms with Crippen molar-refractivity contribution in [3.63, 3.8) is 0 Å². The maximum absolute atomic E-state index is 12.6. The minimum atomic E-state index is -1.000. The zero-order valence-electron chi connectivity index (χ0n) is 14.8. The smallest absolute Gasteiger partial charge is 0.323 e. The van der Waals surface area contributed by atoms with Gasteiger partial charge in [-0.3, -0.25) is 14.4 Å². The number of amides is 2. The molecular formula is C19H21N3O5. The molecule has 2 heterocycles. The predicted molar refractivity (Wildman–Crippen MR) is 97.5 cm³/mol. The Bertz CT molecular complexity index is 783. The second kappa shape index (κ2) is 8.39. The maximum atomic E-state index is 12.6. The fraction of sp³-hybridized carbons (Fsp3) is 0.316. The van der Waals surface area contributed by atoms with Crippen molar-refractivity contribution in [2.75, 3.05) is 44.2 Å². The number of carboxylic acids is 1. The van der Waals surface area contributed by atoms with Gasteiger partial charge in [-0.15, -0.1) is 0 Å². The van der Waals surface area contributed by atoms with E-state index in [0.29, 0.717) is 31.9 Å². The first-order valence-corrected chi connectivity index (χ1v) is 8.67. The number of benzene rings is 1. The molecular weight excluding hydrogens is 350 g/mol. The van der Waals surface area contributed by atoms with E-state index in [2.05, 4.69) is 0 Å². The van der Waals surface area contributed by atoms with Crippen molar-refractivity contribution >= 4 is 23.5 Å². The molecule has 0 unspecified atom stereocenters. The summed E-state index contributed by atoms with van der Waals surface area (Å²) in [6.45, 7) is 1.35. The molecule has 2 aromatic rings. The van der Waals surface area contributed by atoms with Crippen molar-refractivity contribution in [2.24, 2.45) is 0 Å². The molecule has 0 spiro atoms. The molecule has 0 aliphatic carbocycles. The molecule has 0 saturated carbocycles. The monoisotopic (exact) mass is 371 g/mol. The van der Waals surface area contributed by atoms with Crippen LogP contribution in [0.1, 0.15) is 10.6 Å². The quantitative estimate of drug-likeness (QED) is 0.819. The minimum Gasteiger partial charge on any atom is -0.480 e. The van der Waals surface area contributed by atoms with Gasteiger partial charge in [-0.25, -0.2) is 0 Å². The van der Waals surface area contributed by atoms with Gasteiger partial charge in [0.25, 0.3) is 5.91 Å². The van der Waals surface area contributed by atoms with Gasteiger partial charge in [-0.2, -0.15) is 0 Å². The van der Waals surface area contributed by atoms with Crippen LogP contribution in [0.15, 0.2) is 53.1 Å². The number of carboxylic acid groups (broad SMARTS) is 1. The summed E-state index contributed by atoms with van der Waals surface area (Å²) in [7, 11) is 0. The highest BCUT2D eigenvalue weighted by atomic mass is 16.4. The summed E-state index contributed by atoms with van der Waals surface area (Å²) in [6.07, 6.45) is 1.45. The fourth-order valence-electron chi connectivity index (χ4n) is 3.02. The van der Waals surface area contributed by atoms with Crippen molar-refractivity contribution in [3.05, 3.63) is 54.5 Å². The number of aliphatic carboxylic acids is 1. The van der Waals surface area contributed by atoms with E-state index in [1.54, 1.807) is 46.2 Å². The Hall–Kier alpha value is -3.29. The summed E-state index contributed by atoms with van der Waals surface area (Å²) in [5.74, 6) is -1.07. The molecule has 1 saturated heterocycles. The molecule has 0 bridgehead atoms. The summed E-state index contributed by atoms with van der Waals surface area (Å²) in [5.41, 5.74) is 0.680. The lowest BCUT2D eigenvalue weighted by molar-refractivity contribution is -0.135. The average molecular weight is 371 g/mol. The van der Waals surface area contributed by atoms with E-state index < -0.39 is 5.97 Å². The Morgan fingerprint density at radius 2 is 1.59 bits per heavy atom. The number of nitrogens with zero attached hydrogens (tertiary/aromatic N) is 3. The lowest BCUT2D eigenvalue weighted by atomic mass is 10.2. The summed E-state index contributed by atoms with van der Waals surface area (Å²) in [6, 6.07) is 12.3. The molecule has 2 amide bonds. The molecule has 0 atom stereocenters. The third-order valence-corrected chi connectivity index (χ3v) is 4.43. The standard InChI is InChI=1S/C19H21N3O5/c23-17(13-22(14-18(24)25)15-5-2-1-3-6-15)20-8-10-21(11-9-20)19(26)16-7-4-12-27-16/h1-7,12H,8-11,13-14H2,(H,24,25). The van der Waals surface area contributed by atoms with Crippen LogP contribution in [0, 0.1) is 0 Å². The molecule has 8 heteroatoms. The van der Waals surface area contributed by atoms with Crippen LogP contribution in [-0.4, -0.2) is 72.0 Å². The number of rotatable bonds is 6. The predicted octanol–water partition coefficient (Wildman–Crippen LogP) is 1.16. The second-order valence-electron chi connectivity index (χ2n) is 6.24. The summed E-state index contributed by atoms with van der Waals surface area (Å²) < 4.78 is 5.13. The Labute approximate surface area is 156 Å². The molecule has 1 aromatic heterocycles. The van der Waals surface area contributed by atoms with Crippen LogP contribution >= 0.6 is 0 Å². The highest BCUT2D eigenvalue weighted by Gasteiger charge is 2.27. The van der Waals surface area contributed by atoms with E-state index in [0.717, 1.165) is 0 Å². The number of para-hydroxylation sites is 1. The van der Waals surface area contributed by atoms with Crippen molar-refractivity contribution in [1.82, 2.24) is 9.80 Å². The molecule has 1 aliphatic rings. The van der Waals surface area contributed by atoms with Crippen LogP contribution in [-0.2, 0) is 9.59 Å². The molecule has 142 valence electrons. The summed E-state index contributed by atoms with van der Waals surface area (Å²) in [5, 5.41) is 9.14. The van der Waals surface area contributed by atoms with Crippen LogP contribution in [0.25, 0.3) is 0 Å². The van der Waals surface area contributed by atoms with Gasteiger partial charge in [-0.05, 0) is 24.3 Å². The number of carbonyl (C=O) groups excluding carboxylic acids is 2. The average Bonchev–Trinajstić information content (AvgIpc) is 3.22. The highest BCUT2D eigenvalue weighted by molar-refractivity contribution is 5.91. The molecule has 3 rings (SSSR count). The number of carbonyl (C=O) groups is 3. The molecule has 1 aliphatic heterocycles. The largest absolute Gasteiger partial charge is 0.480 e. The topological polar surface area (TPSA) is 94.3 Å². The van der Waals surface area contributed by atoms with E-state index in [4.69, 9.17) is 9.52 Å². The van der Waals surface area contributed by atoms with E-state index in [1.165, 1.54) is 11.2 Å². The van der Waals surface area contributed by atoms with Crippen LogP contribution in [0.4, 0.5) is 5.69 Å². The highest BCUT2D eigenvalue weighted by Crippen LogP contribution is 2.14. The fourth-order valence-corrected chi connectivity index (χ4v) is 3.02. The third-order valence-electron chi connectivity index (χ3n) is 4.43. The van der Waals surface area contributed by atoms with Crippen LogP contribution in [0.5, 0.6) is 0 Å². The first-order chi connectivity index (χ1) is 13.0. The Kier molecular flexibility index (Phi) is 5.75. The summed E-state index contributed by atoms with van der Waals surface area (Å²) >= 11 is 0. The second-order valence-corrected chi connectivity index (χ2v) is 6.24. The van der Waals surface area contributed by atoms with Crippen molar-refractivity contribution < 1.29 is 23.9 Å². The van der Waals surface area contributed by atoms with Gasteiger partial charge in [0, 0.05) is 31.9 Å². The van der Waals surface area contributed by atoms with Crippen molar-refractivity contribution in [3.8, 4) is 0 Å². The van der Waals surface area contributed by atoms with E-state index >= 15 is 0 Å². The number of hydrogen-bond acceptors (Lipinski definition) is 5. The molecule has 0 radical (unpaired) electrons. The van der Waals surface area contributed by atoms with Gasteiger partial charge < -0.3 is 24.2 Å². The van der Waals surface area contributed by atoms with Gasteiger partial charge in [0.05, 0.1) is 12.8 Å². The lowest BCUT2D eigenvalue weighted by Crippen LogP contribution is -2.53. The van der Waals surface area contributed by atoms with Crippen molar-refractivity contribution in [1.29, 1.82) is 0 Å². The first-order valence-electron chi connectivity index (χ1n) is 8.67. The Morgan fingerprint density at radius 3 is 2.19 bits per heavy atom. The molecule has 1 fully saturated rings. The number of anilines is 1. The molecule has 1 aromatic carbocycles. The van der Waals surface area contributed by atoms with Gasteiger partial charge in [-0.1, -0.05) is 18.2 Å². The van der Waals surface area contributed by atoms with Crippen molar-refractivity contribution in [2.45, 2.75) is 0 Å². The molecule has 27 heavy (non-hydrogen) atoms. The molecule has 8 nitrogen and oxygen atoms in total. The lowest BCUT2D eigenvalue weighted by Gasteiger charge is -2.35. The molecule has 1 N–H and O–H groups in total. The zero-order chi connectivity index (χ0) is 19.2. The van der Waals surface area contributed by atoms with E-state index in [1.807, 2.05) is 6.07 Å². The van der Waals surface area contributed by atoms with Gasteiger partial charge in [0.15, 0.2) is 5.76 Å². The SMILES string of the molecule is O=C(O)CN(CC(=O)N1CCN(C(=O)c2ccco2)CC1)c1ccccc1. The summed E-state index contributed by atoms with van der Waals surface area (Å²) in [4.78, 5) is 40.9. The zero-order valence-corrected chi connectivity index (χ0v) is 14.8. The van der Waals surface area contributed by atoms with Gasteiger partial charge >= 0.3 is 5.97 Å². The number of piperazine rings is 1.